The van der Waals surface area contributed by atoms with Crippen molar-refractivity contribution in [3.8, 4) is 5.75 Å². The molecule has 3 rings (SSSR count). The van der Waals surface area contributed by atoms with Crippen molar-refractivity contribution in [2.24, 2.45) is 0 Å². The number of carbonyl (C=O) groups is 2. The van der Waals surface area contributed by atoms with Crippen LogP contribution in [0.4, 0.5) is 5.69 Å². The van der Waals surface area contributed by atoms with Crippen LogP contribution in [0.3, 0.4) is 0 Å². The number of carbonyl (C=O) groups excluding carboxylic acids is 2. The molecule has 25 heavy (non-hydrogen) atoms. The summed E-state index contributed by atoms with van der Waals surface area (Å²) in [6, 6.07) is 10.0. The van der Waals surface area contributed by atoms with Crippen LogP contribution in [-0.2, 0) is 4.74 Å². The molecule has 5 heteroatoms. The summed E-state index contributed by atoms with van der Waals surface area (Å²) in [5, 5.41) is 9.99. The second-order valence-electron chi connectivity index (χ2n) is 6.24. The lowest BCUT2D eigenvalue weighted by Crippen LogP contribution is -2.37. The van der Waals surface area contributed by atoms with Gasteiger partial charge in [-0.05, 0) is 44.2 Å². The summed E-state index contributed by atoms with van der Waals surface area (Å²) >= 11 is 0. The molecule has 0 spiro atoms. The van der Waals surface area contributed by atoms with Crippen LogP contribution >= 0.6 is 0 Å². The van der Waals surface area contributed by atoms with E-state index in [1.807, 2.05) is 13.0 Å². The van der Waals surface area contributed by atoms with E-state index < -0.39 is 0 Å². The molecule has 0 unspecified atom stereocenters. The number of ketones is 2. The number of nitrogens with zero attached hydrogens (tertiary/aromatic N) is 1. The SMILES string of the molecule is CC(=O)c1cc(C(=O)c2cc(C)ccc2O)ccc1N1CCOCC1. The van der Waals surface area contributed by atoms with Crippen LogP contribution in [0.2, 0.25) is 0 Å². The fraction of sp³-hybridized carbons (Fsp3) is 0.300. The Bertz CT molecular complexity index is 822. The third kappa shape index (κ3) is 3.56. The van der Waals surface area contributed by atoms with Gasteiger partial charge in [-0.2, -0.15) is 0 Å². The second-order valence-corrected chi connectivity index (χ2v) is 6.24. The molecule has 0 radical (unpaired) electrons. The highest BCUT2D eigenvalue weighted by Crippen LogP contribution is 2.27. The molecule has 2 aromatic rings. The Morgan fingerprint density at radius 2 is 1.76 bits per heavy atom. The lowest BCUT2D eigenvalue weighted by Gasteiger charge is -2.30. The van der Waals surface area contributed by atoms with Gasteiger partial charge in [0.25, 0.3) is 0 Å². The fourth-order valence-corrected chi connectivity index (χ4v) is 3.03. The smallest absolute Gasteiger partial charge is 0.196 e. The minimum Gasteiger partial charge on any atom is -0.507 e. The number of rotatable bonds is 4. The third-order valence-electron chi connectivity index (χ3n) is 4.39. The molecule has 5 nitrogen and oxygen atoms in total. The normalized spacial score (nSPS) is 14.4. The minimum atomic E-state index is -0.294. The van der Waals surface area contributed by atoms with Crippen molar-refractivity contribution >= 4 is 17.3 Å². The van der Waals surface area contributed by atoms with Crippen molar-refractivity contribution < 1.29 is 19.4 Å². The summed E-state index contributed by atoms with van der Waals surface area (Å²) in [7, 11) is 0. The fourth-order valence-electron chi connectivity index (χ4n) is 3.03. The maximum absolute atomic E-state index is 12.8. The van der Waals surface area contributed by atoms with Gasteiger partial charge in [-0.1, -0.05) is 11.6 Å². The molecule has 0 aliphatic carbocycles. The number of hydrogen-bond donors (Lipinski definition) is 1. The van der Waals surface area contributed by atoms with Gasteiger partial charge in [-0.15, -0.1) is 0 Å². The standard InChI is InChI=1S/C20H21NO4/c1-13-3-6-19(23)17(11-13)20(24)15-4-5-18(16(12-15)14(2)22)21-7-9-25-10-8-21/h3-6,11-12,23H,7-10H2,1-2H3. The summed E-state index contributed by atoms with van der Waals surface area (Å²) in [6.07, 6.45) is 0. The van der Waals surface area contributed by atoms with E-state index in [1.165, 1.54) is 13.0 Å². The first kappa shape index (κ1) is 17.2. The molecule has 1 saturated heterocycles. The van der Waals surface area contributed by atoms with E-state index in [-0.39, 0.29) is 22.9 Å². The number of phenols is 1. The van der Waals surface area contributed by atoms with Gasteiger partial charge in [0.2, 0.25) is 0 Å². The molecule has 0 aromatic heterocycles. The van der Waals surface area contributed by atoms with Crippen LogP contribution in [0.15, 0.2) is 36.4 Å². The molecule has 1 aliphatic rings. The lowest BCUT2D eigenvalue weighted by atomic mass is 9.97. The van der Waals surface area contributed by atoms with Gasteiger partial charge in [0.05, 0.1) is 18.8 Å². The molecular formula is C20H21NO4. The highest BCUT2D eigenvalue weighted by molar-refractivity contribution is 6.12. The number of benzene rings is 2. The van der Waals surface area contributed by atoms with Gasteiger partial charge in [0.15, 0.2) is 11.6 Å². The predicted octanol–water partition coefficient (Wildman–Crippen LogP) is 2.97. The quantitative estimate of drug-likeness (QED) is 0.868. The average molecular weight is 339 g/mol. The summed E-state index contributed by atoms with van der Waals surface area (Å²) < 4.78 is 5.36. The zero-order chi connectivity index (χ0) is 18.0. The van der Waals surface area contributed by atoms with Crippen LogP contribution in [0.1, 0.15) is 38.8 Å². The number of ether oxygens (including phenoxy) is 1. The number of aromatic hydroxyl groups is 1. The summed E-state index contributed by atoms with van der Waals surface area (Å²) in [5.74, 6) is -0.445. The molecule has 0 amide bonds. The first-order valence-electron chi connectivity index (χ1n) is 8.29. The molecule has 130 valence electrons. The van der Waals surface area contributed by atoms with Crippen molar-refractivity contribution in [3.05, 3.63) is 58.7 Å². The Hall–Kier alpha value is -2.66. The number of anilines is 1. The molecule has 1 N–H and O–H groups in total. The first-order valence-corrected chi connectivity index (χ1v) is 8.29. The van der Waals surface area contributed by atoms with Crippen molar-refractivity contribution in [2.45, 2.75) is 13.8 Å². The Labute approximate surface area is 146 Å². The van der Waals surface area contributed by atoms with Crippen molar-refractivity contribution in [1.29, 1.82) is 0 Å². The Morgan fingerprint density at radius 1 is 1.04 bits per heavy atom. The second kappa shape index (κ2) is 7.07. The van der Waals surface area contributed by atoms with Crippen LogP contribution < -0.4 is 4.90 Å². The maximum atomic E-state index is 12.8. The Kier molecular flexibility index (Phi) is 4.86. The van der Waals surface area contributed by atoms with Crippen molar-refractivity contribution in [1.82, 2.24) is 0 Å². The number of Topliss-reactive ketones (excluding diaryl/α,β-unsaturated/α-hetero) is 1. The van der Waals surface area contributed by atoms with Crippen LogP contribution in [0.25, 0.3) is 0 Å². The number of aryl methyl sites for hydroxylation is 1. The van der Waals surface area contributed by atoms with E-state index in [4.69, 9.17) is 4.74 Å². The number of phenolic OH excluding ortho intramolecular Hbond substituents is 1. The number of hydrogen-bond acceptors (Lipinski definition) is 5. The maximum Gasteiger partial charge on any atom is 0.196 e. The lowest BCUT2D eigenvalue weighted by molar-refractivity contribution is 0.101. The molecule has 2 aromatic carbocycles. The van der Waals surface area contributed by atoms with Gasteiger partial charge in [0, 0.05) is 29.9 Å². The third-order valence-corrected chi connectivity index (χ3v) is 4.39. The van der Waals surface area contributed by atoms with Crippen LogP contribution in [-0.4, -0.2) is 43.0 Å². The van der Waals surface area contributed by atoms with Gasteiger partial charge >= 0.3 is 0 Å². The number of morpholine rings is 1. The largest absolute Gasteiger partial charge is 0.507 e. The summed E-state index contributed by atoms with van der Waals surface area (Å²) in [6.45, 7) is 6.03. The monoisotopic (exact) mass is 339 g/mol. The van der Waals surface area contributed by atoms with E-state index >= 15 is 0 Å². The van der Waals surface area contributed by atoms with Gasteiger partial charge < -0.3 is 14.7 Å². The molecule has 1 aliphatic heterocycles. The topological polar surface area (TPSA) is 66.8 Å². The molecule has 1 heterocycles. The zero-order valence-electron chi connectivity index (χ0n) is 14.4. The average Bonchev–Trinajstić information content (AvgIpc) is 2.63. The van der Waals surface area contributed by atoms with E-state index in [0.29, 0.717) is 37.4 Å². The van der Waals surface area contributed by atoms with Crippen LogP contribution in [0, 0.1) is 6.92 Å². The van der Waals surface area contributed by atoms with Crippen LogP contribution in [0.5, 0.6) is 5.75 Å². The van der Waals surface area contributed by atoms with Crippen molar-refractivity contribution in [3.63, 3.8) is 0 Å². The molecule has 0 saturated carbocycles. The van der Waals surface area contributed by atoms with Gasteiger partial charge in [0.1, 0.15) is 5.75 Å². The zero-order valence-corrected chi connectivity index (χ0v) is 14.4. The molecule has 0 bridgehead atoms. The predicted molar refractivity (Wildman–Crippen MR) is 95.8 cm³/mol. The molecule has 0 atom stereocenters. The summed E-state index contributed by atoms with van der Waals surface area (Å²) in [4.78, 5) is 27.0. The van der Waals surface area contributed by atoms with Crippen molar-refractivity contribution in [2.75, 3.05) is 31.2 Å². The molecule has 1 fully saturated rings. The Morgan fingerprint density at radius 3 is 2.44 bits per heavy atom. The highest BCUT2D eigenvalue weighted by Gasteiger charge is 2.20. The highest BCUT2D eigenvalue weighted by atomic mass is 16.5. The minimum absolute atomic E-state index is 0.0581. The summed E-state index contributed by atoms with van der Waals surface area (Å²) in [5.41, 5.74) is 2.86. The van der Waals surface area contributed by atoms with Gasteiger partial charge in [-0.25, -0.2) is 0 Å². The van der Waals surface area contributed by atoms with E-state index in [2.05, 4.69) is 4.90 Å². The van der Waals surface area contributed by atoms with E-state index in [1.54, 1.807) is 24.3 Å². The Balaban J connectivity index is 2.00. The first-order chi connectivity index (χ1) is 12.0. The van der Waals surface area contributed by atoms with E-state index in [0.717, 1.165) is 11.3 Å². The molecular weight excluding hydrogens is 318 g/mol. The van der Waals surface area contributed by atoms with E-state index in [9.17, 15) is 14.7 Å². The van der Waals surface area contributed by atoms with Gasteiger partial charge in [-0.3, -0.25) is 9.59 Å².